The number of nitrogens with one attached hydrogen (secondary N) is 3. The molecule has 0 aliphatic heterocycles. The number of carbonyl (C=O) groups excluding carboxylic acids is 2. The molecule has 0 aliphatic carbocycles. The Balaban J connectivity index is 1.49. The Morgan fingerprint density at radius 2 is 1.58 bits per heavy atom. The number of fused-ring (bicyclic) bond motifs is 1. The number of rotatable bonds is 6. The van der Waals surface area contributed by atoms with Crippen molar-refractivity contribution >= 4 is 45.5 Å². The Morgan fingerprint density at radius 3 is 2.35 bits per heavy atom. The van der Waals surface area contributed by atoms with E-state index in [1.54, 1.807) is 30.3 Å². The average molecular weight is 412 g/mol. The van der Waals surface area contributed by atoms with Gasteiger partial charge >= 0.3 is 0 Å². The number of anilines is 4. The maximum absolute atomic E-state index is 12.7. The molecular formula is C23H20N6O2. The molecule has 8 heteroatoms. The molecule has 31 heavy (non-hydrogen) atoms. The first-order chi connectivity index (χ1) is 15.0. The fourth-order valence-corrected chi connectivity index (χ4v) is 3.13. The predicted molar refractivity (Wildman–Crippen MR) is 121 cm³/mol. The number of hydrogen-bond donors (Lipinski definition) is 4. The Morgan fingerprint density at radius 1 is 0.871 bits per heavy atom. The Kier molecular flexibility index (Phi) is 5.44. The van der Waals surface area contributed by atoms with Crippen molar-refractivity contribution in [3.8, 4) is 0 Å². The molecule has 0 unspecified atom stereocenters. The lowest BCUT2D eigenvalue weighted by Gasteiger charge is -2.14. The van der Waals surface area contributed by atoms with Crippen LogP contribution in [0.25, 0.3) is 10.8 Å². The summed E-state index contributed by atoms with van der Waals surface area (Å²) < 4.78 is 0. The van der Waals surface area contributed by atoms with Crippen LogP contribution in [0.15, 0.2) is 73.1 Å². The van der Waals surface area contributed by atoms with Crippen LogP contribution in [0, 0.1) is 0 Å². The number of aromatic nitrogens is 2. The molecule has 0 atom stereocenters. The molecule has 5 N–H and O–H groups in total. The third-order valence-corrected chi connectivity index (χ3v) is 4.77. The molecule has 0 saturated heterocycles. The molecule has 154 valence electrons. The van der Waals surface area contributed by atoms with E-state index in [0.717, 1.165) is 10.8 Å². The molecule has 0 radical (unpaired) electrons. The molecule has 4 rings (SSSR count). The number of carbonyl (C=O) groups is 2. The van der Waals surface area contributed by atoms with Crippen LogP contribution in [0.1, 0.15) is 27.6 Å². The summed E-state index contributed by atoms with van der Waals surface area (Å²) in [4.78, 5) is 32.4. The molecule has 4 aromatic rings. The van der Waals surface area contributed by atoms with Crippen LogP contribution in [0.2, 0.25) is 0 Å². The molecule has 8 nitrogen and oxygen atoms in total. The van der Waals surface area contributed by atoms with Crippen LogP contribution in [-0.4, -0.2) is 21.7 Å². The maximum Gasteiger partial charge on any atom is 0.270 e. The molecule has 1 heterocycles. The van der Waals surface area contributed by atoms with E-state index < -0.39 is 0 Å². The van der Waals surface area contributed by atoms with Crippen molar-refractivity contribution in [3.63, 3.8) is 0 Å². The quantitative estimate of drug-likeness (QED) is 0.280. The number of nitrogens with two attached hydrogens (primary N) is 1. The molecule has 3 aromatic carbocycles. The van der Waals surface area contributed by atoms with Gasteiger partial charge in [-0.25, -0.2) is 9.97 Å². The van der Waals surface area contributed by atoms with E-state index in [-0.39, 0.29) is 23.2 Å². The fraction of sp³-hybridized carbons (Fsp3) is 0.0435. The molecule has 0 fully saturated rings. The molecular weight excluding hydrogens is 392 g/mol. The lowest BCUT2D eigenvalue weighted by molar-refractivity contribution is 0.0963. The van der Waals surface area contributed by atoms with E-state index >= 15 is 0 Å². The predicted octanol–water partition coefficient (Wildman–Crippen LogP) is 3.92. The Labute approximate surface area is 178 Å². The maximum atomic E-state index is 12.7. The third-order valence-electron chi connectivity index (χ3n) is 4.77. The van der Waals surface area contributed by atoms with Crippen molar-refractivity contribution in [2.24, 2.45) is 0 Å². The van der Waals surface area contributed by atoms with Crippen LogP contribution in [0.3, 0.4) is 0 Å². The van der Waals surface area contributed by atoms with E-state index in [1.165, 1.54) is 13.3 Å². The Bertz CT molecular complexity index is 1270. The number of nitrogen functional groups attached to an aromatic ring is 1. The number of Topliss-reactive ketones (excluding diaryl/α,β-unsaturated/α-hetero) is 1. The summed E-state index contributed by atoms with van der Waals surface area (Å²) in [6.07, 6.45) is 1.33. The highest BCUT2D eigenvalue weighted by Gasteiger charge is 2.12. The van der Waals surface area contributed by atoms with E-state index in [9.17, 15) is 9.59 Å². The first kappa shape index (κ1) is 19.8. The molecule has 0 saturated carbocycles. The molecule has 0 aliphatic rings. The number of benzene rings is 3. The van der Waals surface area contributed by atoms with E-state index in [2.05, 4.69) is 26.1 Å². The van der Waals surface area contributed by atoms with Crippen LogP contribution >= 0.6 is 0 Å². The van der Waals surface area contributed by atoms with Gasteiger partial charge in [-0.05, 0) is 48.0 Å². The average Bonchev–Trinajstić information content (AvgIpc) is 2.79. The molecule has 0 spiro atoms. The van der Waals surface area contributed by atoms with Gasteiger partial charge in [-0.2, -0.15) is 0 Å². The number of hydrogen-bond acceptors (Lipinski definition) is 7. The third kappa shape index (κ3) is 4.27. The first-order valence-electron chi connectivity index (χ1n) is 9.55. The summed E-state index contributed by atoms with van der Waals surface area (Å²) in [5, 5.41) is 4.90. The highest BCUT2D eigenvalue weighted by Crippen LogP contribution is 2.26. The monoisotopic (exact) mass is 412 g/mol. The van der Waals surface area contributed by atoms with Crippen molar-refractivity contribution < 1.29 is 9.59 Å². The van der Waals surface area contributed by atoms with Crippen molar-refractivity contribution in [1.29, 1.82) is 0 Å². The fourth-order valence-electron chi connectivity index (χ4n) is 3.13. The zero-order chi connectivity index (χ0) is 21.8. The minimum Gasteiger partial charge on any atom is -0.393 e. The standard InChI is InChI=1S/C23H20N6O2/c1-14(30)15-9-11-17(12-10-15)27-21-20(24)22(26-13-25-21)28-29-23(31)19-8-4-6-16-5-2-3-7-18(16)19/h2-13H,24H2,1H3,(H,29,31)(H2,25,26,27,28). The van der Waals surface area contributed by atoms with Crippen molar-refractivity contribution in [3.05, 3.63) is 84.2 Å². The lowest BCUT2D eigenvalue weighted by Crippen LogP contribution is -2.30. The second-order valence-electron chi connectivity index (χ2n) is 6.85. The second kappa shape index (κ2) is 8.50. The largest absolute Gasteiger partial charge is 0.393 e. The van der Waals surface area contributed by atoms with Crippen LogP contribution in [0.5, 0.6) is 0 Å². The molecule has 0 bridgehead atoms. The summed E-state index contributed by atoms with van der Waals surface area (Å²) in [7, 11) is 0. The first-order valence-corrected chi connectivity index (χ1v) is 9.55. The van der Waals surface area contributed by atoms with Gasteiger partial charge in [0, 0.05) is 16.8 Å². The van der Waals surface area contributed by atoms with E-state index in [0.29, 0.717) is 22.6 Å². The van der Waals surface area contributed by atoms with Crippen LogP contribution in [0.4, 0.5) is 23.0 Å². The number of amides is 1. The van der Waals surface area contributed by atoms with E-state index in [1.807, 2.05) is 36.4 Å². The van der Waals surface area contributed by atoms with Crippen molar-refractivity contribution in [2.75, 3.05) is 16.5 Å². The van der Waals surface area contributed by atoms with Crippen LogP contribution < -0.4 is 21.9 Å². The molecule has 1 aromatic heterocycles. The summed E-state index contributed by atoms with van der Waals surface area (Å²) >= 11 is 0. The summed E-state index contributed by atoms with van der Waals surface area (Å²) in [5.41, 5.74) is 13.7. The van der Waals surface area contributed by atoms with Crippen molar-refractivity contribution in [1.82, 2.24) is 15.4 Å². The lowest BCUT2D eigenvalue weighted by atomic mass is 10.0. The van der Waals surface area contributed by atoms with E-state index in [4.69, 9.17) is 5.73 Å². The smallest absolute Gasteiger partial charge is 0.270 e. The number of nitrogens with zero attached hydrogens (tertiary/aromatic N) is 2. The van der Waals surface area contributed by atoms with Crippen molar-refractivity contribution in [2.45, 2.75) is 6.92 Å². The summed E-state index contributed by atoms with van der Waals surface area (Å²) in [6.45, 7) is 1.51. The summed E-state index contributed by atoms with van der Waals surface area (Å²) in [6, 6.07) is 20.1. The topological polar surface area (TPSA) is 122 Å². The van der Waals surface area contributed by atoms with Gasteiger partial charge in [0.25, 0.3) is 5.91 Å². The highest BCUT2D eigenvalue weighted by atomic mass is 16.2. The zero-order valence-corrected chi connectivity index (χ0v) is 16.7. The normalized spacial score (nSPS) is 10.5. The Hall–Kier alpha value is -4.46. The van der Waals surface area contributed by atoms with Crippen LogP contribution in [-0.2, 0) is 0 Å². The minimum absolute atomic E-state index is 0.0125. The van der Waals surface area contributed by atoms with Gasteiger partial charge in [-0.1, -0.05) is 36.4 Å². The van der Waals surface area contributed by atoms with Gasteiger partial charge in [0.05, 0.1) is 0 Å². The van der Waals surface area contributed by atoms with Gasteiger partial charge in [-0.15, -0.1) is 0 Å². The number of hydrazine groups is 1. The van der Waals surface area contributed by atoms with Gasteiger partial charge in [0.2, 0.25) is 0 Å². The van der Waals surface area contributed by atoms with Gasteiger partial charge in [-0.3, -0.25) is 20.4 Å². The summed E-state index contributed by atoms with van der Waals surface area (Å²) in [5.74, 6) is 0.296. The number of ketones is 1. The molecule has 1 amide bonds. The minimum atomic E-state index is -0.316. The second-order valence-corrected chi connectivity index (χ2v) is 6.85. The SMILES string of the molecule is CC(=O)c1ccc(Nc2ncnc(NNC(=O)c3cccc4ccccc34)c2N)cc1. The van der Waals surface area contributed by atoms with Gasteiger partial charge < -0.3 is 11.1 Å². The highest BCUT2D eigenvalue weighted by molar-refractivity contribution is 6.07. The van der Waals surface area contributed by atoms with Gasteiger partial charge in [0.1, 0.15) is 12.0 Å². The van der Waals surface area contributed by atoms with Gasteiger partial charge in [0.15, 0.2) is 17.4 Å². The zero-order valence-electron chi connectivity index (χ0n) is 16.7.